The summed E-state index contributed by atoms with van der Waals surface area (Å²) in [4.78, 5) is 0. The maximum atomic E-state index is 6.92. The van der Waals surface area contributed by atoms with Gasteiger partial charge in [-0.25, -0.2) is 0 Å². The zero-order chi connectivity index (χ0) is 21.9. The molecule has 1 heterocycles. The Balaban J connectivity index is 1.30. The second-order valence-corrected chi connectivity index (χ2v) is 10.9. The van der Waals surface area contributed by atoms with Gasteiger partial charge in [-0.3, -0.25) is 0 Å². The summed E-state index contributed by atoms with van der Waals surface area (Å²) in [6.07, 6.45) is 19.6. The SMILES string of the molecule is CCCCOc1ccc(CCC2CCC(CC(Cl)C3CCC(CCC)CC3)CC2)nn1. The lowest BCUT2D eigenvalue weighted by molar-refractivity contribution is 0.212. The van der Waals surface area contributed by atoms with E-state index in [1.165, 1.54) is 77.0 Å². The molecule has 2 aliphatic carbocycles. The van der Waals surface area contributed by atoms with Crippen LogP contribution < -0.4 is 4.74 Å². The third-order valence-electron chi connectivity index (χ3n) is 7.88. The van der Waals surface area contributed by atoms with Crippen molar-refractivity contribution in [1.82, 2.24) is 10.2 Å². The molecule has 0 bridgehead atoms. The summed E-state index contributed by atoms with van der Waals surface area (Å²) in [5.74, 6) is 4.12. The Kier molecular flexibility index (Phi) is 10.9. The number of alkyl halides is 1. The van der Waals surface area contributed by atoms with Crippen molar-refractivity contribution < 1.29 is 4.74 Å². The van der Waals surface area contributed by atoms with Crippen LogP contribution in [0.15, 0.2) is 12.1 Å². The molecular formula is C27H45ClN2O. The van der Waals surface area contributed by atoms with Crippen molar-refractivity contribution in [3.63, 3.8) is 0 Å². The summed E-state index contributed by atoms with van der Waals surface area (Å²) in [7, 11) is 0. The van der Waals surface area contributed by atoms with Gasteiger partial charge in [0.1, 0.15) is 0 Å². The van der Waals surface area contributed by atoms with Gasteiger partial charge in [-0.2, -0.15) is 5.10 Å². The first kappa shape index (κ1) is 24.8. The second-order valence-electron chi connectivity index (χ2n) is 10.3. The molecule has 3 rings (SSSR count). The van der Waals surface area contributed by atoms with Gasteiger partial charge >= 0.3 is 0 Å². The molecular weight excluding hydrogens is 404 g/mol. The zero-order valence-corrected chi connectivity index (χ0v) is 20.8. The molecule has 2 fully saturated rings. The Morgan fingerprint density at radius 2 is 1.55 bits per heavy atom. The monoisotopic (exact) mass is 448 g/mol. The lowest BCUT2D eigenvalue weighted by Gasteiger charge is -2.34. The summed E-state index contributed by atoms with van der Waals surface area (Å²) >= 11 is 6.92. The lowest BCUT2D eigenvalue weighted by Crippen LogP contribution is -2.26. The Bertz CT molecular complexity index is 592. The van der Waals surface area contributed by atoms with E-state index in [0.29, 0.717) is 11.3 Å². The number of ether oxygens (including phenoxy) is 1. The van der Waals surface area contributed by atoms with E-state index in [0.717, 1.165) is 55.2 Å². The van der Waals surface area contributed by atoms with Crippen LogP contribution in [-0.2, 0) is 6.42 Å². The van der Waals surface area contributed by atoms with E-state index in [1.807, 2.05) is 6.07 Å². The highest BCUT2D eigenvalue weighted by atomic mass is 35.5. The van der Waals surface area contributed by atoms with Gasteiger partial charge in [-0.15, -0.1) is 16.7 Å². The lowest BCUT2D eigenvalue weighted by atomic mass is 9.74. The minimum absolute atomic E-state index is 0.414. The molecule has 0 radical (unpaired) electrons. The first-order valence-corrected chi connectivity index (χ1v) is 13.7. The zero-order valence-electron chi connectivity index (χ0n) is 20.0. The quantitative estimate of drug-likeness (QED) is 0.240. The molecule has 1 aromatic rings. The maximum Gasteiger partial charge on any atom is 0.233 e. The van der Waals surface area contributed by atoms with Crippen LogP contribution in [-0.4, -0.2) is 22.2 Å². The Morgan fingerprint density at radius 1 is 0.871 bits per heavy atom. The van der Waals surface area contributed by atoms with Crippen molar-refractivity contribution in [2.75, 3.05) is 6.61 Å². The third kappa shape index (κ3) is 8.56. The average Bonchev–Trinajstić information content (AvgIpc) is 2.80. The maximum absolute atomic E-state index is 6.92. The molecule has 31 heavy (non-hydrogen) atoms. The highest BCUT2D eigenvalue weighted by Crippen LogP contribution is 2.40. The number of nitrogens with zero attached hydrogens (tertiary/aromatic N) is 2. The normalized spacial score (nSPS) is 27.7. The Morgan fingerprint density at radius 3 is 2.19 bits per heavy atom. The Labute approximate surface area is 196 Å². The van der Waals surface area contributed by atoms with E-state index in [9.17, 15) is 0 Å². The second kappa shape index (κ2) is 13.7. The first-order chi connectivity index (χ1) is 15.2. The standard InChI is InChI=1S/C27H45ClN2O/c1-3-5-19-31-27-18-17-25(29-30-27)16-13-22-7-9-23(10-8-22)20-26(28)24-14-11-21(6-4-2)12-15-24/h17-18,21-24,26H,3-16,19-20H2,1-2H3. The van der Waals surface area contributed by atoms with Crippen LogP contribution in [0.5, 0.6) is 5.88 Å². The van der Waals surface area contributed by atoms with Gasteiger partial charge in [0.25, 0.3) is 0 Å². The van der Waals surface area contributed by atoms with Crippen LogP contribution in [0.4, 0.5) is 0 Å². The first-order valence-electron chi connectivity index (χ1n) is 13.3. The van der Waals surface area contributed by atoms with Crippen LogP contribution >= 0.6 is 11.6 Å². The van der Waals surface area contributed by atoms with Crippen LogP contribution in [0.2, 0.25) is 0 Å². The van der Waals surface area contributed by atoms with Crippen LogP contribution in [0, 0.1) is 23.7 Å². The van der Waals surface area contributed by atoms with Crippen LogP contribution in [0.3, 0.4) is 0 Å². The fraction of sp³-hybridized carbons (Fsp3) is 0.852. The minimum atomic E-state index is 0.414. The van der Waals surface area contributed by atoms with E-state index in [4.69, 9.17) is 16.3 Å². The number of unbranched alkanes of at least 4 members (excludes halogenated alkanes) is 1. The summed E-state index contributed by atoms with van der Waals surface area (Å²) in [6, 6.07) is 4.07. The number of halogens is 1. The number of hydrogen-bond acceptors (Lipinski definition) is 3. The van der Waals surface area contributed by atoms with Crippen molar-refractivity contribution in [1.29, 1.82) is 0 Å². The summed E-state index contributed by atoms with van der Waals surface area (Å²) in [5.41, 5.74) is 1.10. The largest absolute Gasteiger partial charge is 0.477 e. The molecule has 2 aliphatic rings. The summed E-state index contributed by atoms with van der Waals surface area (Å²) < 4.78 is 5.61. The van der Waals surface area contributed by atoms with Crippen LogP contribution in [0.1, 0.15) is 109 Å². The smallest absolute Gasteiger partial charge is 0.233 e. The summed E-state index contributed by atoms with van der Waals surface area (Å²) in [6.45, 7) is 5.22. The fourth-order valence-electron chi connectivity index (χ4n) is 5.74. The number of hydrogen-bond donors (Lipinski definition) is 0. The third-order valence-corrected chi connectivity index (χ3v) is 8.41. The van der Waals surface area contributed by atoms with Gasteiger partial charge in [-0.1, -0.05) is 71.6 Å². The molecule has 0 aliphatic heterocycles. The van der Waals surface area contributed by atoms with Crippen molar-refractivity contribution in [2.24, 2.45) is 23.7 Å². The fourth-order valence-corrected chi connectivity index (χ4v) is 6.25. The molecule has 3 nitrogen and oxygen atoms in total. The van der Waals surface area contributed by atoms with Gasteiger partial charge < -0.3 is 4.74 Å². The highest BCUT2D eigenvalue weighted by molar-refractivity contribution is 6.20. The average molecular weight is 449 g/mol. The van der Waals surface area contributed by atoms with Gasteiger partial charge in [0.05, 0.1) is 12.3 Å². The Hall–Kier alpha value is -0.830. The number of aryl methyl sites for hydroxylation is 1. The van der Waals surface area contributed by atoms with E-state index in [-0.39, 0.29) is 0 Å². The van der Waals surface area contributed by atoms with Crippen molar-refractivity contribution >= 4 is 11.6 Å². The van der Waals surface area contributed by atoms with Gasteiger partial charge in [0.2, 0.25) is 5.88 Å². The highest BCUT2D eigenvalue weighted by Gasteiger charge is 2.29. The van der Waals surface area contributed by atoms with E-state index < -0.39 is 0 Å². The molecule has 176 valence electrons. The van der Waals surface area contributed by atoms with E-state index in [2.05, 4.69) is 30.1 Å². The molecule has 4 heteroatoms. The summed E-state index contributed by atoms with van der Waals surface area (Å²) in [5, 5.41) is 9.02. The van der Waals surface area contributed by atoms with Crippen LogP contribution in [0.25, 0.3) is 0 Å². The van der Waals surface area contributed by atoms with Gasteiger partial charge in [0.15, 0.2) is 0 Å². The van der Waals surface area contributed by atoms with E-state index >= 15 is 0 Å². The molecule has 1 atom stereocenters. The molecule has 0 N–H and O–H groups in total. The van der Waals surface area contributed by atoms with E-state index in [1.54, 1.807) is 0 Å². The van der Waals surface area contributed by atoms with Gasteiger partial charge in [0, 0.05) is 11.4 Å². The number of aromatic nitrogens is 2. The predicted octanol–water partition coefficient (Wildman–Crippen LogP) is 8.00. The predicted molar refractivity (Wildman–Crippen MR) is 131 cm³/mol. The molecule has 0 amide bonds. The van der Waals surface area contributed by atoms with Crippen molar-refractivity contribution in [2.45, 2.75) is 116 Å². The van der Waals surface area contributed by atoms with Gasteiger partial charge in [-0.05, 0) is 68.3 Å². The molecule has 0 spiro atoms. The topological polar surface area (TPSA) is 35.0 Å². The van der Waals surface area contributed by atoms with Crippen molar-refractivity contribution in [3.05, 3.63) is 17.8 Å². The van der Waals surface area contributed by atoms with Crippen molar-refractivity contribution in [3.8, 4) is 5.88 Å². The minimum Gasteiger partial charge on any atom is -0.477 e. The molecule has 1 unspecified atom stereocenters. The number of rotatable bonds is 12. The molecule has 0 aromatic carbocycles. The molecule has 0 saturated heterocycles. The molecule has 1 aromatic heterocycles. The molecule has 2 saturated carbocycles.